The Labute approximate surface area is 218 Å². The predicted molar refractivity (Wildman–Crippen MR) is 152 cm³/mol. The molecule has 3 heterocycles. The van der Waals surface area contributed by atoms with E-state index in [-0.39, 0.29) is 11.2 Å². The van der Waals surface area contributed by atoms with Crippen LogP contribution >= 0.6 is 0 Å². The molecule has 1 N–H and O–H groups in total. The van der Waals surface area contributed by atoms with Crippen LogP contribution in [0.2, 0.25) is 0 Å². The highest BCUT2D eigenvalue weighted by Crippen LogP contribution is 2.52. The van der Waals surface area contributed by atoms with Crippen molar-refractivity contribution in [3.8, 4) is 17.0 Å². The third-order valence-electron chi connectivity index (χ3n) is 7.65. The zero-order valence-electron chi connectivity index (χ0n) is 21.9. The molecule has 0 unspecified atom stereocenters. The first-order valence-corrected chi connectivity index (χ1v) is 12.9. The first-order chi connectivity index (χ1) is 17.8. The van der Waals surface area contributed by atoms with Crippen LogP contribution in [0.15, 0.2) is 85.1 Å². The molecular weight excluding hydrogens is 454 g/mol. The number of para-hydroxylation sites is 1. The van der Waals surface area contributed by atoms with Gasteiger partial charge in [0.15, 0.2) is 0 Å². The predicted octanol–water partition coefficient (Wildman–Crippen LogP) is 8.54. The maximum absolute atomic E-state index is 10.7. The molecule has 5 aromatic rings. The molecule has 4 heteroatoms. The van der Waals surface area contributed by atoms with Crippen molar-refractivity contribution in [3.05, 3.63) is 107 Å². The fourth-order valence-electron chi connectivity index (χ4n) is 5.65. The lowest BCUT2D eigenvalue weighted by molar-refractivity contribution is 0.480. The summed E-state index contributed by atoms with van der Waals surface area (Å²) in [4.78, 5) is 12.0. The molecule has 0 spiro atoms. The maximum atomic E-state index is 10.7. The first-order valence-electron chi connectivity index (χ1n) is 12.9. The van der Waals surface area contributed by atoms with Crippen molar-refractivity contribution in [2.24, 2.45) is 0 Å². The summed E-state index contributed by atoms with van der Waals surface area (Å²) in [6, 6.07) is 27.2. The molecule has 2 aromatic heterocycles. The zero-order valence-corrected chi connectivity index (χ0v) is 21.9. The van der Waals surface area contributed by atoms with E-state index in [2.05, 4.69) is 100 Å². The molecule has 3 aromatic carbocycles. The van der Waals surface area contributed by atoms with Gasteiger partial charge in [-0.15, -0.1) is 0 Å². The van der Waals surface area contributed by atoms with E-state index in [1.807, 2.05) is 18.3 Å². The lowest BCUT2D eigenvalue weighted by atomic mass is 9.73. The number of rotatable bonds is 3. The molecule has 6 rings (SSSR count). The summed E-state index contributed by atoms with van der Waals surface area (Å²) in [6.07, 6.45) is 1.87. The van der Waals surface area contributed by atoms with Gasteiger partial charge in [-0.2, -0.15) is 0 Å². The summed E-state index contributed by atoms with van der Waals surface area (Å²) in [6.45, 7) is 11.0. The van der Waals surface area contributed by atoms with Crippen molar-refractivity contribution in [2.45, 2.75) is 46.0 Å². The molecule has 37 heavy (non-hydrogen) atoms. The van der Waals surface area contributed by atoms with Crippen molar-refractivity contribution in [3.63, 3.8) is 0 Å². The highest BCUT2D eigenvalue weighted by molar-refractivity contribution is 5.91. The highest BCUT2D eigenvalue weighted by atomic mass is 16.3. The van der Waals surface area contributed by atoms with Crippen LogP contribution in [0.3, 0.4) is 0 Å². The smallest absolute Gasteiger partial charge is 0.141 e. The molecule has 0 saturated carbocycles. The molecule has 0 radical (unpaired) electrons. The first kappa shape index (κ1) is 23.2. The van der Waals surface area contributed by atoms with Crippen molar-refractivity contribution >= 4 is 28.1 Å². The molecule has 0 fully saturated rings. The Morgan fingerprint density at radius 1 is 0.838 bits per heavy atom. The van der Waals surface area contributed by atoms with Crippen LogP contribution in [-0.2, 0) is 5.41 Å². The average molecular weight is 486 g/mol. The summed E-state index contributed by atoms with van der Waals surface area (Å²) in [7, 11) is 0. The number of phenols is 1. The number of phenolic OH excluding ortho intramolecular Hbond substituents is 1. The topological polar surface area (TPSA) is 49.2 Å². The number of pyridine rings is 2. The zero-order chi connectivity index (χ0) is 25.9. The Balaban J connectivity index is 1.58. The molecule has 0 saturated heterocycles. The number of anilines is 3. The van der Waals surface area contributed by atoms with Gasteiger partial charge in [0.25, 0.3) is 0 Å². The van der Waals surface area contributed by atoms with Crippen molar-refractivity contribution < 1.29 is 5.11 Å². The lowest BCUT2D eigenvalue weighted by Gasteiger charge is -2.41. The third kappa shape index (κ3) is 3.67. The second-order valence-corrected chi connectivity index (χ2v) is 10.8. The number of aromatic hydroxyl groups is 1. The van der Waals surface area contributed by atoms with Crippen LogP contribution in [0, 0.1) is 6.92 Å². The van der Waals surface area contributed by atoms with Crippen LogP contribution in [0.1, 0.15) is 55.9 Å². The lowest BCUT2D eigenvalue weighted by Crippen LogP contribution is -2.31. The Hall–Kier alpha value is -4.18. The number of hydrogen-bond donors (Lipinski definition) is 1. The van der Waals surface area contributed by atoms with Gasteiger partial charge in [0.1, 0.15) is 17.1 Å². The summed E-state index contributed by atoms with van der Waals surface area (Å²) in [5.74, 6) is 1.45. The quantitative estimate of drug-likeness (QED) is 0.278. The van der Waals surface area contributed by atoms with Crippen LogP contribution in [0.5, 0.6) is 5.75 Å². The van der Waals surface area contributed by atoms with E-state index < -0.39 is 0 Å². The van der Waals surface area contributed by atoms with Gasteiger partial charge in [-0.3, -0.25) is 4.90 Å². The summed E-state index contributed by atoms with van der Waals surface area (Å²) < 4.78 is 0. The average Bonchev–Trinajstić information content (AvgIpc) is 2.88. The fourth-order valence-corrected chi connectivity index (χ4v) is 5.65. The Morgan fingerprint density at radius 3 is 2.41 bits per heavy atom. The Morgan fingerprint density at radius 2 is 1.62 bits per heavy atom. The number of hydrogen-bond acceptors (Lipinski definition) is 4. The number of fused-ring (bicyclic) bond motifs is 3. The molecule has 1 aliphatic rings. The van der Waals surface area contributed by atoms with Gasteiger partial charge < -0.3 is 5.11 Å². The number of aryl methyl sites for hydroxylation is 1. The van der Waals surface area contributed by atoms with Gasteiger partial charge >= 0.3 is 0 Å². The monoisotopic (exact) mass is 485 g/mol. The normalized spacial score (nSPS) is 14.1. The second kappa shape index (κ2) is 8.45. The summed E-state index contributed by atoms with van der Waals surface area (Å²) >= 11 is 0. The third-order valence-corrected chi connectivity index (χ3v) is 7.65. The maximum Gasteiger partial charge on any atom is 0.141 e. The SMILES string of the molecule is Cc1ccnc(N2c3ccccc3C(C)(C)c3ccc(-c4ccc5c(C(C)C)ccc(O)c5n4)cc32)c1. The van der Waals surface area contributed by atoms with Crippen LogP contribution in [0.4, 0.5) is 17.2 Å². The Bertz CT molecular complexity index is 1670. The van der Waals surface area contributed by atoms with E-state index in [1.54, 1.807) is 6.07 Å². The van der Waals surface area contributed by atoms with E-state index >= 15 is 0 Å². The fraction of sp³-hybridized carbons (Fsp3) is 0.212. The molecule has 0 aliphatic carbocycles. The van der Waals surface area contributed by atoms with Gasteiger partial charge in [-0.1, -0.05) is 70.2 Å². The minimum Gasteiger partial charge on any atom is -0.506 e. The van der Waals surface area contributed by atoms with E-state index in [0.29, 0.717) is 11.4 Å². The van der Waals surface area contributed by atoms with Crippen molar-refractivity contribution in [1.29, 1.82) is 0 Å². The molecule has 4 nitrogen and oxygen atoms in total. The van der Waals surface area contributed by atoms with Gasteiger partial charge in [0.2, 0.25) is 0 Å². The van der Waals surface area contributed by atoms with Gasteiger partial charge in [-0.05, 0) is 71.5 Å². The van der Waals surface area contributed by atoms with Gasteiger partial charge in [-0.25, -0.2) is 9.97 Å². The summed E-state index contributed by atoms with van der Waals surface area (Å²) in [5.41, 5.74) is 9.41. The standard InChI is InChI=1S/C33H31N3O/c1-20(2)23-12-15-30(37)32-24(23)11-14-27(35-32)22-10-13-26-29(19-22)36(31-18-21(3)16-17-34-31)28-9-7-6-8-25(28)33(26,4)5/h6-20,37H,1-5H3. The summed E-state index contributed by atoms with van der Waals surface area (Å²) in [5, 5.41) is 11.7. The molecule has 0 atom stereocenters. The number of nitrogens with zero attached hydrogens (tertiary/aromatic N) is 3. The van der Waals surface area contributed by atoms with E-state index in [0.717, 1.165) is 39.4 Å². The van der Waals surface area contributed by atoms with Crippen LogP contribution < -0.4 is 4.90 Å². The molecule has 1 aliphatic heterocycles. The van der Waals surface area contributed by atoms with E-state index in [9.17, 15) is 5.11 Å². The second-order valence-electron chi connectivity index (χ2n) is 10.8. The van der Waals surface area contributed by atoms with E-state index in [4.69, 9.17) is 9.97 Å². The highest BCUT2D eigenvalue weighted by Gasteiger charge is 2.37. The minimum atomic E-state index is -0.175. The largest absolute Gasteiger partial charge is 0.506 e. The minimum absolute atomic E-state index is 0.175. The number of aromatic nitrogens is 2. The molecule has 0 amide bonds. The van der Waals surface area contributed by atoms with E-state index in [1.165, 1.54) is 16.7 Å². The Kier molecular flexibility index (Phi) is 5.30. The van der Waals surface area contributed by atoms with Crippen LogP contribution in [0.25, 0.3) is 22.2 Å². The van der Waals surface area contributed by atoms with Crippen LogP contribution in [-0.4, -0.2) is 15.1 Å². The molecule has 184 valence electrons. The van der Waals surface area contributed by atoms with Crippen molar-refractivity contribution in [2.75, 3.05) is 4.90 Å². The van der Waals surface area contributed by atoms with Gasteiger partial charge in [0.05, 0.1) is 17.1 Å². The van der Waals surface area contributed by atoms with Crippen molar-refractivity contribution in [1.82, 2.24) is 9.97 Å². The van der Waals surface area contributed by atoms with Gasteiger partial charge in [0, 0.05) is 22.6 Å². The number of benzene rings is 3. The molecule has 0 bridgehead atoms. The molecular formula is C33H31N3O.